The molecule has 0 aliphatic carbocycles. The third-order valence-electron chi connectivity index (χ3n) is 0.183. The monoisotopic (exact) mass is 310 g/mol. The van der Waals surface area contributed by atoms with Crippen molar-refractivity contribution in [2.75, 3.05) is 0 Å². The van der Waals surface area contributed by atoms with Gasteiger partial charge in [-0.15, -0.1) is 0 Å². The van der Waals surface area contributed by atoms with E-state index < -0.39 is 10.4 Å². The van der Waals surface area contributed by atoms with Crippen LogP contribution in [0.1, 0.15) is 0 Å². The molecular formula is H2HfO6S. The summed E-state index contributed by atoms with van der Waals surface area (Å²) >= 11 is 0. The maximum atomic E-state index is 9.42. The van der Waals surface area contributed by atoms with Gasteiger partial charge in [-0.2, -0.15) is 8.42 Å². The fourth-order valence-corrected chi connectivity index (χ4v) is 0.0408. The fourth-order valence-electron chi connectivity index (χ4n) is 0.0136. The third kappa shape index (κ3) is 4.81. The van der Waals surface area contributed by atoms with Gasteiger partial charge in [0.25, 0.3) is 0 Å². The van der Waals surface area contributed by atoms with Gasteiger partial charge in [0.2, 0.25) is 0 Å². The van der Waals surface area contributed by atoms with Gasteiger partial charge in [-0.25, -0.2) is 10.5 Å². The van der Waals surface area contributed by atoms with E-state index in [9.17, 15) is 8.42 Å². The van der Waals surface area contributed by atoms with Crippen molar-refractivity contribution < 1.29 is 53.4 Å². The fraction of sp³-hybridized carbons (Fsp3) is 0. The second-order valence-electron chi connectivity index (χ2n) is 0.557. The largest absolute Gasteiger partial charge is 0.452 e. The van der Waals surface area contributed by atoms with E-state index in [2.05, 4.69) is 8.67 Å². The first kappa shape index (κ1) is 11.5. The molecule has 0 fully saturated rings. The van der Waals surface area contributed by atoms with Crippen molar-refractivity contribution in [1.82, 2.24) is 0 Å². The molecule has 0 heterocycles. The van der Waals surface area contributed by atoms with Crippen LogP contribution in [0.15, 0.2) is 0 Å². The Morgan fingerprint density at radius 3 is 1.38 bits per heavy atom. The van der Waals surface area contributed by atoms with Crippen molar-refractivity contribution in [2.45, 2.75) is 0 Å². The Balaban J connectivity index is 0. The minimum Gasteiger partial charge on any atom is -0.233 e. The van der Waals surface area contributed by atoms with Crippen molar-refractivity contribution >= 4 is 10.4 Å². The summed E-state index contributed by atoms with van der Waals surface area (Å²) in [6, 6.07) is 0. The van der Waals surface area contributed by atoms with Gasteiger partial charge in [0, 0.05) is 25.8 Å². The molecule has 0 rings (SSSR count). The summed E-state index contributed by atoms with van der Waals surface area (Å²) in [7, 11) is -4.55. The Morgan fingerprint density at radius 2 is 1.38 bits per heavy atom. The maximum absolute atomic E-state index is 9.42. The Labute approximate surface area is 64.0 Å². The average molecular weight is 309 g/mol. The third-order valence-corrected chi connectivity index (χ3v) is 0.548. The van der Waals surface area contributed by atoms with Gasteiger partial charge in [-0.05, 0) is 0 Å². The molecule has 0 aromatic rings. The van der Waals surface area contributed by atoms with Crippen molar-refractivity contribution in [3.63, 3.8) is 0 Å². The number of rotatable bonds is 2. The molecule has 6 nitrogen and oxygen atoms in total. The standard InChI is InChI=1S/Hf.H2O6S/c;1-5-7(3,4)6-2/h;1-2H. The molecule has 0 aromatic heterocycles. The van der Waals surface area contributed by atoms with E-state index in [4.69, 9.17) is 10.5 Å². The second kappa shape index (κ2) is 4.53. The Bertz CT molecular complexity index is 111. The molecule has 0 spiro atoms. The molecule has 0 radical (unpaired) electrons. The predicted octanol–water partition coefficient (Wildman–Crippen LogP) is -0.792. The van der Waals surface area contributed by atoms with Gasteiger partial charge in [0.05, 0.1) is 0 Å². The van der Waals surface area contributed by atoms with Crippen molar-refractivity contribution in [2.24, 2.45) is 0 Å². The van der Waals surface area contributed by atoms with Crippen molar-refractivity contribution in [3.05, 3.63) is 0 Å². The molecule has 8 heavy (non-hydrogen) atoms. The van der Waals surface area contributed by atoms with E-state index >= 15 is 0 Å². The molecule has 8 heteroatoms. The zero-order chi connectivity index (χ0) is 5.91. The summed E-state index contributed by atoms with van der Waals surface area (Å²) in [5.74, 6) is 0. The zero-order valence-corrected chi connectivity index (χ0v) is 7.84. The van der Waals surface area contributed by atoms with Gasteiger partial charge in [0.1, 0.15) is 0 Å². The topological polar surface area (TPSA) is 93.1 Å². The molecule has 0 amide bonds. The Hall–Kier alpha value is 0.660. The molecule has 0 saturated carbocycles. The van der Waals surface area contributed by atoms with Gasteiger partial charge < -0.3 is 0 Å². The molecule has 0 bridgehead atoms. The van der Waals surface area contributed by atoms with Crippen LogP contribution in [0.25, 0.3) is 0 Å². The molecule has 48 valence electrons. The van der Waals surface area contributed by atoms with E-state index in [1.165, 1.54) is 0 Å². The van der Waals surface area contributed by atoms with Gasteiger partial charge in [-0.3, -0.25) is 0 Å². The number of hydrogen-bond donors (Lipinski definition) is 2. The summed E-state index contributed by atoms with van der Waals surface area (Å²) in [5.41, 5.74) is 0. The van der Waals surface area contributed by atoms with Gasteiger partial charge in [0.15, 0.2) is 0 Å². The predicted molar refractivity (Wildman–Crippen MR) is 16.3 cm³/mol. The van der Waals surface area contributed by atoms with Crippen LogP contribution < -0.4 is 0 Å². The summed E-state index contributed by atoms with van der Waals surface area (Å²) in [5, 5.41) is 14.4. The molecule has 2 N–H and O–H groups in total. The number of hydrogen-bond acceptors (Lipinski definition) is 6. The first-order chi connectivity index (χ1) is 3.12. The van der Waals surface area contributed by atoms with E-state index in [1.807, 2.05) is 0 Å². The summed E-state index contributed by atoms with van der Waals surface area (Å²) in [6.07, 6.45) is 0. The van der Waals surface area contributed by atoms with E-state index in [0.717, 1.165) is 0 Å². The van der Waals surface area contributed by atoms with Crippen LogP contribution in [0.3, 0.4) is 0 Å². The van der Waals surface area contributed by atoms with Crippen LogP contribution in [0, 0.1) is 0 Å². The Kier molecular flexibility index (Phi) is 6.49. The zero-order valence-electron chi connectivity index (χ0n) is 3.44. The van der Waals surface area contributed by atoms with Gasteiger partial charge >= 0.3 is 10.4 Å². The molecule has 0 atom stereocenters. The first-order valence-electron chi connectivity index (χ1n) is 1.03. The first-order valence-corrected chi connectivity index (χ1v) is 2.37. The minimum absolute atomic E-state index is 0. The Morgan fingerprint density at radius 1 is 1.12 bits per heavy atom. The molecule has 0 unspecified atom stereocenters. The van der Waals surface area contributed by atoms with Crippen LogP contribution in [0.5, 0.6) is 0 Å². The smallest absolute Gasteiger partial charge is 0.233 e. The summed E-state index contributed by atoms with van der Waals surface area (Å²) in [4.78, 5) is 0. The van der Waals surface area contributed by atoms with Crippen molar-refractivity contribution in [1.29, 1.82) is 0 Å². The van der Waals surface area contributed by atoms with Crippen LogP contribution in [0.4, 0.5) is 0 Å². The average Bonchev–Trinajstić information content (AvgIpc) is 1.68. The van der Waals surface area contributed by atoms with Gasteiger partial charge in [-0.1, -0.05) is 8.67 Å². The molecular weight excluding hydrogens is 307 g/mol. The van der Waals surface area contributed by atoms with Crippen molar-refractivity contribution in [3.8, 4) is 0 Å². The van der Waals surface area contributed by atoms with E-state index in [1.54, 1.807) is 0 Å². The minimum atomic E-state index is -4.55. The van der Waals surface area contributed by atoms with Crippen LogP contribution in [0.2, 0.25) is 0 Å². The maximum Gasteiger partial charge on any atom is 0.452 e. The molecule has 0 aliphatic heterocycles. The van der Waals surface area contributed by atoms with Crippen LogP contribution in [-0.4, -0.2) is 18.9 Å². The SMILES string of the molecule is O=S(=O)(OO)OO.[Hf]. The van der Waals surface area contributed by atoms with Crippen LogP contribution >= 0.6 is 0 Å². The molecule has 0 aliphatic rings. The quantitative estimate of drug-likeness (QED) is 0.394. The van der Waals surface area contributed by atoms with E-state index in [-0.39, 0.29) is 25.8 Å². The summed E-state index contributed by atoms with van der Waals surface area (Å²) < 4.78 is 24.0. The summed E-state index contributed by atoms with van der Waals surface area (Å²) in [6.45, 7) is 0. The molecule has 0 saturated heterocycles. The molecule has 0 aromatic carbocycles. The normalized spacial score (nSPS) is 10.2. The second-order valence-corrected chi connectivity index (χ2v) is 1.67. The van der Waals surface area contributed by atoms with Crippen LogP contribution in [-0.2, 0) is 44.9 Å². The van der Waals surface area contributed by atoms with E-state index in [0.29, 0.717) is 0 Å².